The summed E-state index contributed by atoms with van der Waals surface area (Å²) in [5.74, 6) is 3.47. The maximum atomic E-state index is 5.50. The summed E-state index contributed by atoms with van der Waals surface area (Å²) in [5, 5.41) is 12.1. The molecule has 1 N–H and O–H groups in total. The molecule has 0 radical (unpaired) electrons. The number of rotatable bonds is 3. The number of anilines is 1. The van der Waals surface area contributed by atoms with E-state index in [1.54, 1.807) is 0 Å². The summed E-state index contributed by atoms with van der Waals surface area (Å²) in [6, 6.07) is 5.88. The monoisotopic (exact) mass is 302 g/mol. The van der Waals surface area contributed by atoms with Gasteiger partial charge in [0, 0.05) is 24.7 Å². The van der Waals surface area contributed by atoms with Gasteiger partial charge in [-0.15, -0.1) is 10.2 Å². The largest absolute Gasteiger partial charge is 0.454 e. The molecule has 4 rings (SSSR count). The second-order valence-corrected chi connectivity index (χ2v) is 5.42. The average Bonchev–Trinajstić information content (AvgIpc) is 3.08. The van der Waals surface area contributed by atoms with Crippen LogP contribution in [-0.4, -0.2) is 34.8 Å². The molecule has 0 bridgehead atoms. The first-order chi connectivity index (χ1) is 10.8. The molecule has 0 saturated heterocycles. The first kappa shape index (κ1) is 13.4. The van der Waals surface area contributed by atoms with Crippen LogP contribution in [0.4, 0.5) is 5.69 Å². The van der Waals surface area contributed by atoms with Gasteiger partial charge in [0.25, 0.3) is 0 Å². The zero-order chi connectivity index (χ0) is 14.9. The van der Waals surface area contributed by atoms with E-state index in [1.807, 2.05) is 18.2 Å². The number of hydrogen-bond acceptors (Lipinski definition) is 6. The van der Waals surface area contributed by atoms with Crippen LogP contribution in [-0.2, 0) is 17.7 Å². The summed E-state index contributed by atoms with van der Waals surface area (Å²) in [4.78, 5) is 0. The van der Waals surface area contributed by atoms with Gasteiger partial charge in [0.05, 0.1) is 19.3 Å². The van der Waals surface area contributed by atoms with Crippen LogP contribution in [0.3, 0.4) is 0 Å². The van der Waals surface area contributed by atoms with E-state index >= 15 is 0 Å². The van der Waals surface area contributed by atoms with Crippen LogP contribution < -0.4 is 14.8 Å². The summed E-state index contributed by atoms with van der Waals surface area (Å²) in [6.45, 7) is 4.57. The van der Waals surface area contributed by atoms with Crippen molar-refractivity contribution in [2.75, 3.05) is 25.3 Å². The molecular weight excluding hydrogens is 284 g/mol. The minimum atomic E-state index is 0.0414. The molecule has 2 aromatic rings. The SMILES string of the molecule is CC(Nc1ccc2c(c1)OCO2)c1nnc2n1CCOCC2. The Morgan fingerprint density at radius 2 is 2.09 bits per heavy atom. The van der Waals surface area contributed by atoms with Gasteiger partial charge in [-0.2, -0.15) is 0 Å². The fourth-order valence-electron chi connectivity index (χ4n) is 2.82. The predicted octanol–water partition coefficient (Wildman–Crippen LogP) is 1.75. The Hall–Kier alpha value is -2.28. The highest BCUT2D eigenvalue weighted by atomic mass is 16.7. The van der Waals surface area contributed by atoms with Crippen molar-refractivity contribution in [3.05, 3.63) is 29.8 Å². The van der Waals surface area contributed by atoms with Gasteiger partial charge < -0.3 is 24.1 Å². The summed E-state index contributed by atoms with van der Waals surface area (Å²) < 4.78 is 18.4. The van der Waals surface area contributed by atoms with E-state index in [-0.39, 0.29) is 12.8 Å². The van der Waals surface area contributed by atoms with Gasteiger partial charge in [0.2, 0.25) is 6.79 Å². The summed E-state index contributed by atoms with van der Waals surface area (Å²) in [7, 11) is 0. The lowest BCUT2D eigenvalue weighted by molar-refractivity contribution is 0.139. The van der Waals surface area contributed by atoms with Crippen molar-refractivity contribution in [1.82, 2.24) is 14.8 Å². The van der Waals surface area contributed by atoms with Gasteiger partial charge >= 0.3 is 0 Å². The Morgan fingerprint density at radius 3 is 3.05 bits per heavy atom. The van der Waals surface area contributed by atoms with Crippen LogP contribution in [0, 0.1) is 0 Å². The van der Waals surface area contributed by atoms with E-state index in [0.717, 1.165) is 41.8 Å². The maximum absolute atomic E-state index is 5.50. The molecular formula is C15H18N4O3. The third kappa shape index (κ3) is 2.37. The predicted molar refractivity (Wildman–Crippen MR) is 79.1 cm³/mol. The third-order valence-corrected chi connectivity index (χ3v) is 3.93. The smallest absolute Gasteiger partial charge is 0.231 e. The van der Waals surface area contributed by atoms with Gasteiger partial charge in [-0.1, -0.05) is 0 Å². The summed E-state index contributed by atoms with van der Waals surface area (Å²) >= 11 is 0. The summed E-state index contributed by atoms with van der Waals surface area (Å²) in [5.41, 5.74) is 0.971. The molecule has 1 aromatic heterocycles. The quantitative estimate of drug-likeness (QED) is 0.931. The van der Waals surface area contributed by atoms with E-state index < -0.39 is 0 Å². The van der Waals surface area contributed by atoms with Gasteiger partial charge in [0.15, 0.2) is 17.3 Å². The van der Waals surface area contributed by atoms with E-state index in [0.29, 0.717) is 13.2 Å². The second-order valence-electron chi connectivity index (χ2n) is 5.42. The lowest BCUT2D eigenvalue weighted by Crippen LogP contribution is -2.16. The molecule has 1 aromatic carbocycles. The number of nitrogens with zero attached hydrogens (tertiary/aromatic N) is 3. The van der Waals surface area contributed by atoms with Crippen molar-refractivity contribution >= 4 is 5.69 Å². The van der Waals surface area contributed by atoms with Crippen molar-refractivity contribution in [3.8, 4) is 11.5 Å². The van der Waals surface area contributed by atoms with Gasteiger partial charge in [-0.05, 0) is 19.1 Å². The van der Waals surface area contributed by atoms with Gasteiger partial charge in [-0.3, -0.25) is 0 Å². The van der Waals surface area contributed by atoms with Crippen LogP contribution in [0.5, 0.6) is 11.5 Å². The second kappa shape index (κ2) is 5.49. The molecule has 2 aliphatic heterocycles. The first-order valence-electron chi connectivity index (χ1n) is 7.47. The normalized spacial score (nSPS) is 17.7. The third-order valence-electron chi connectivity index (χ3n) is 3.93. The molecule has 1 unspecified atom stereocenters. The van der Waals surface area contributed by atoms with E-state index in [2.05, 4.69) is 27.0 Å². The fraction of sp³-hybridized carbons (Fsp3) is 0.467. The van der Waals surface area contributed by atoms with Crippen LogP contribution in [0.15, 0.2) is 18.2 Å². The van der Waals surface area contributed by atoms with Crippen LogP contribution in [0.2, 0.25) is 0 Å². The van der Waals surface area contributed by atoms with E-state index in [4.69, 9.17) is 14.2 Å². The average molecular weight is 302 g/mol. The number of benzene rings is 1. The zero-order valence-electron chi connectivity index (χ0n) is 12.4. The highest BCUT2D eigenvalue weighted by Crippen LogP contribution is 2.35. The molecule has 0 aliphatic carbocycles. The summed E-state index contributed by atoms with van der Waals surface area (Å²) in [6.07, 6.45) is 0.809. The molecule has 2 aliphatic rings. The fourth-order valence-corrected chi connectivity index (χ4v) is 2.82. The number of ether oxygens (including phenoxy) is 3. The Balaban J connectivity index is 1.55. The molecule has 0 spiro atoms. The molecule has 0 amide bonds. The molecule has 116 valence electrons. The first-order valence-corrected chi connectivity index (χ1v) is 7.47. The van der Waals surface area contributed by atoms with Crippen molar-refractivity contribution in [3.63, 3.8) is 0 Å². The van der Waals surface area contributed by atoms with E-state index in [1.165, 1.54) is 0 Å². The van der Waals surface area contributed by atoms with Crippen LogP contribution >= 0.6 is 0 Å². The number of fused-ring (bicyclic) bond motifs is 2. The topological polar surface area (TPSA) is 70.4 Å². The Morgan fingerprint density at radius 1 is 1.18 bits per heavy atom. The molecule has 0 fully saturated rings. The zero-order valence-corrected chi connectivity index (χ0v) is 12.4. The van der Waals surface area contributed by atoms with Crippen molar-refractivity contribution in [2.24, 2.45) is 0 Å². The molecule has 7 nitrogen and oxygen atoms in total. The minimum Gasteiger partial charge on any atom is -0.454 e. The molecule has 0 saturated carbocycles. The van der Waals surface area contributed by atoms with Crippen molar-refractivity contribution in [1.29, 1.82) is 0 Å². The Bertz CT molecular complexity index is 685. The maximum Gasteiger partial charge on any atom is 0.231 e. The van der Waals surface area contributed by atoms with Crippen LogP contribution in [0.1, 0.15) is 24.6 Å². The van der Waals surface area contributed by atoms with Crippen molar-refractivity contribution in [2.45, 2.75) is 25.9 Å². The molecule has 7 heteroatoms. The standard InChI is InChI=1S/C15H18N4O3/c1-10(15-18-17-14-4-6-20-7-5-19(14)15)16-11-2-3-12-13(8-11)22-9-21-12/h2-3,8,10,16H,4-7,9H2,1H3. The Kier molecular flexibility index (Phi) is 3.34. The lowest BCUT2D eigenvalue weighted by Gasteiger charge is -2.16. The molecule has 22 heavy (non-hydrogen) atoms. The Labute approximate surface area is 128 Å². The van der Waals surface area contributed by atoms with E-state index in [9.17, 15) is 0 Å². The van der Waals surface area contributed by atoms with Gasteiger partial charge in [-0.25, -0.2) is 0 Å². The number of nitrogens with one attached hydrogen (secondary N) is 1. The molecule has 3 heterocycles. The lowest BCUT2D eigenvalue weighted by atomic mass is 10.2. The highest BCUT2D eigenvalue weighted by Gasteiger charge is 2.20. The molecule has 1 atom stereocenters. The number of aromatic nitrogens is 3. The number of hydrogen-bond donors (Lipinski definition) is 1. The van der Waals surface area contributed by atoms with Crippen LogP contribution in [0.25, 0.3) is 0 Å². The highest BCUT2D eigenvalue weighted by molar-refractivity contribution is 5.56. The van der Waals surface area contributed by atoms with Gasteiger partial charge in [0.1, 0.15) is 5.82 Å². The minimum absolute atomic E-state index is 0.0414. The van der Waals surface area contributed by atoms with Crippen molar-refractivity contribution < 1.29 is 14.2 Å².